The second-order valence-electron chi connectivity index (χ2n) is 8.67. The lowest BCUT2D eigenvalue weighted by Gasteiger charge is -2.30. The molecule has 0 aliphatic rings. The lowest BCUT2D eigenvalue weighted by atomic mass is 9.86. The Morgan fingerprint density at radius 1 is 0.903 bits per heavy atom. The maximum absolute atomic E-state index is 12.7. The van der Waals surface area contributed by atoms with Crippen LogP contribution >= 0.6 is 0 Å². The van der Waals surface area contributed by atoms with E-state index in [0.29, 0.717) is 6.67 Å². The Morgan fingerprint density at radius 3 is 2.13 bits per heavy atom. The molecule has 0 unspecified atom stereocenters. The predicted molar refractivity (Wildman–Crippen MR) is 123 cm³/mol. The van der Waals surface area contributed by atoms with E-state index in [-0.39, 0.29) is 12.5 Å². The maximum atomic E-state index is 12.7. The van der Waals surface area contributed by atoms with Gasteiger partial charge in [0, 0.05) is 0 Å². The summed E-state index contributed by atoms with van der Waals surface area (Å²) in [5, 5.41) is 8.80. The minimum atomic E-state index is -0.698. The van der Waals surface area contributed by atoms with E-state index in [1.54, 1.807) is 0 Å². The highest BCUT2D eigenvalue weighted by molar-refractivity contribution is 5.86. The highest BCUT2D eigenvalue weighted by atomic mass is 16.5. The highest BCUT2D eigenvalue weighted by Gasteiger charge is 2.33. The van der Waals surface area contributed by atoms with E-state index in [1.807, 2.05) is 57.2 Å². The molecule has 168 valence electrons. The van der Waals surface area contributed by atoms with Gasteiger partial charge in [-0.1, -0.05) is 81.4 Å². The summed E-state index contributed by atoms with van der Waals surface area (Å²) in [5.41, 5.74) is 1.78. The molecule has 2 aromatic carbocycles. The smallest absolute Gasteiger partial charge is 0.408 e. The third kappa shape index (κ3) is 9.66. The van der Waals surface area contributed by atoms with Crippen molar-refractivity contribution in [1.82, 2.24) is 16.0 Å². The van der Waals surface area contributed by atoms with Gasteiger partial charge in [-0.15, -0.1) is 0 Å². The minimum absolute atomic E-state index is 0.162. The number of hydrogen-bond donors (Lipinski definition) is 3. The van der Waals surface area contributed by atoms with E-state index in [0.717, 1.165) is 31.4 Å². The first kappa shape index (κ1) is 24.4. The zero-order valence-electron chi connectivity index (χ0n) is 18.8. The quantitative estimate of drug-likeness (QED) is 0.375. The van der Waals surface area contributed by atoms with Crippen LogP contribution in [0.25, 0.3) is 0 Å². The van der Waals surface area contributed by atoms with E-state index in [4.69, 9.17) is 4.74 Å². The first-order valence-electron chi connectivity index (χ1n) is 10.9. The fourth-order valence-electron chi connectivity index (χ4n) is 3.12. The maximum Gasteiger partial charge on any atom is 0.408 e. The number of amides is 2. The van der Waals surface area contributed by atoms with E-state index in [9.17, 15) is 9.59 Å². The molecule has 31 heavy (non-hydrogen) atoms. The standard InChI is InChI=1S/C25H35N3O3/c1-25(2,3)22(28-24(30)31-18-21-15-8-5-9-16-21)23(29)27-19-26-17-11-10-14-20-12-6-4-7-13-20/h4-9,12-13,15-16,22,26H,10-11,14,17-19H2,1-3H3,(H,27,29)(H,28,30)/t22-/m1/s1. The molecule has 0 aliphatic heterocycles. The molecular weight excluding hydrogens is 390 g/mol. The number of hydrogen-bond acceptors (Lipinski definition) is 4. The largest absolute Gasteiger partial charge is 0.445 e. The van der Waals surface area contributed by atoms with Crippen molar-refractivity contribution in [2.24, 2.45) is 5.41 Å². The van der Waals surface area contributed by atoms with E-state index >= 15 is 0 Å². The normalized spacial score (nSPS) is 12.1. The molecular formula is C25H35N3O3. The van der Waals surface area contributed by atoms with Crippen molar-refractivity contribution >= 4 is 12.0 Å². The Balaban J connectivity index is 1.67. The van der Waals surface area contributed by atoms with Crippen LogP contribution in [0.2, 0.25) is 0 Å². The first-order chi connectivity index (χ1) is 14.9. The van der Waals surface area contributed by atoms with Crippen LogP contribution < -0.4 is 16.0 Å². The fourth-order valence-corrected chi connectivity index (χ4v) is 3.12. The topological polar surface area (TPSA) is 79.5 Å². The summed E-state index contributed by atoms with van der Waals surface area (Å²) in [6.45, 7) is 7.07. The van der Waals surface area contributed by atoms with Crippen LogP contribution in [0.4, 0.5) is 4.79 Å². The van der Waals surface area contributed by atoms with Crippen LogP contribution in [0, 0.1) is 5.41 Å². The van der Waals surface area contributed by atoms with Crippen LogP contribution in [0.5, 0.6) is 0 Å². The Kier molecular flexibility index (Phi) is 10.0. The Bertz CT molecular complexity index is 789. The molecule has 6 heteroatoms. The number of nitrogens with one attached hydrogen (secondary N) is 3. The van der Waals surface area contributed by atoms with Gasteiger partial charge in [0.15, 0.2) is 0 Å². The van der Waals surface area contributed by atoms with Crippen molar-refractivity contribution in [2.45, 2.75) is 52.7 Å². The van der Waals surface area contributed by atoms with Gasteiger partial charge < -0.3 is 15.4 Å². The number of unbranched alkanes of at least 4 members (excludes halogenated alkanes) is 1. The Hall–Kier alpha value is -2.86. The molecule has 0 saturated carbocycles. The summed E-state index contributed by atoms with van der Waals surface area (Å²) in [6, 6.07) is 19.1. The molecule has 0 spiro atoms. The average molecular weight is 426 g/mol. The molecule has 2 amide bonds. The molecule has 0 aliphatic carbocycles. The second-order valence-corrected chi connectivity index (χ2v) is 8.67. The third-order valence-corrected chi connectivity index (χ3v) is 4.90. The van der Waals surface area contributed by atoms with Gasteiger partial charge in [0.2, 0.25) is 5.91 Å². The molecule has 2 rings (SSSR count). The molecule has 0 fully saturated rings. The lowest BCUT2D eigenvalue weighted by Crippen LogP contribution is -2.54. The lowest BCUT2D eigenvalue weighted by molar-refractivity contribution is -0.125. The number of alkyl carbamates (subject to hydrolysis) is 1. The molecule has 0 saturated heterocycles. The molecule has 0 radical (unpaired) electrons. The number of benzene rings is 2. The molecule has 1 atom stereocenters. The number of aryl methyl sites for hydroxylation is 1. The molecule has 6 nitrogen and oxygen atoms in total. The van der Waals surface area contributed by atoms with Gasteiger partial charge in [-0.3, -0.25) is 10.1 Å². The summed E-state index contributed by atoms with van der Waals surface area (Å²) in [6.07, 6.45) is 2.56. The summed E-state index contributed by atoms with van der Waals surface area (Å²) >= 11 is 0. The second kappa shape index (κ2) is 12.7. The van der Waals surface area contributed by atoms with Crippen LogP contribution in [0.1, 0.15) is 44.7 Å². The summed E-state index contributed by atoms with van der Waals surface area (Å²) in [7, 11) is 0. The number of rotatable bonds is 11. The van der Waals surface area contributed by atoms with Crippen molar-refractivity contribution in [3.8, 4) is 0 Å². The molecule has 2 aromatic rings. The first-order valence-corrected chi connectivity index (χ1v) is 10.9. The van der Waals surface area contributed by atoms with Crippen LogP contribution in [-0.4, -0.2) is 31.3 Å². The van der Waals surface area contributed by atoms with Crippen molar-refractivity contribution in [1.29, 1.82) is 0 Å². The zero-order valence-corrected chi connectivity index (χ0v) is 18.8. The van der Waals surface area contributed by atoms with Crippen molar-refractivity contribution in [3.05, 3.63) is 71.8 Å². The predicted octanol–water partition coefficient (Wildman–Crippen LogP) is 4.01. The number of carbonyl (C=O) groups is 2. The zero-order chi connectivity index (χ0) is 22.5. The van der Waals surface area contributed by atoms with Crippen LogP contribution in [-0.2, 0) is 22.6 Å². The van der Waals surface area contributed by atoms with Gasteiger partial charge in [-0.05, 0) is 42.3 Å². The van der Waals surface area contributed by atoms with E-state index in [1.165, 1.54) is 5.56 Å². The van der Waals surface area contributed by atoms with Crippen molar-refractivity contribution in [3.63, 3.8) is 0 Å². The minimum Gasteiger partial charge on any atom is -0.445 e. The molecule has 3 N–H and O–H groups in total. The fraction of sp³-hybridized carbons (Fsp3) is 0.440. The molecule has 0 bridgehead atoms. The monoisotopic (exact) mass is 425 g/mol. The van der Waals surface area contributed by atoms with Crippen molar-refractivity contribution < 1.29 is 14.3 Å². The van der Waals surface area contributed by atoms with Crippen LogP contribution in [0.3, 0.4) is 0 Å². The molecule has 0 heterocycles. The number of ether oxygens (including phenoxy) is 1. The summed E-state index contributed by atoms with van der Waals surface area (Å²) in [5.74, 6) is -0.235. The van der Waals surface area contributed by atoms with Gasteiger partial charge in [-0.25, -0.2) is 4.79 Å². The Labute approximate surface area is 185 Å². The molecule has 0 aromatic heterocycles. The average Bonchev–Trinajstić information content (AvgIpc) is 2.76. The van der Waals surface area contributed by atoms with E-state index in [2.05, 4.69) is 40.2 Å². The number of carbonyl (C=O) groups excluding carboxylic acids is 2. The highest BCUT2D eigenvalue weighted by Crippen LogP contribution is 2.19. The van der Waals surface area contributed by atoms with E-state index < -0.39 is 17.6 Å². The summed E-state index contributed by atoms with van der Waals surface area (Å²) < 4.78 is 5.26. The van der Waals surface area contributed by atoms with Gasteiger partial charge in [0.1, 0.15) is 12.6 Å². The van der Waals surface area contributed by atoms with Crippen LogP contribution in [0.15, 0.2) is 60.7 Å². The van der Waals surface area contributed by atoms with Gasteiger partial charge in [0.25, 0.3) is 0 Å². The van der Waals surface area contributed by atoms with Gasteiger partial charge >= 0.3 is 6.09 Å². The SMILES string of the molecule is CC(C)(C)[C@H](NC(=O)OCc1ccccc1)C(=O)NCNCCCCc1ccccc1. The summed E-state index contributed by atoms with van der Waals surface area (Å²) in [4.78, 5) is 24.9. The van der Waals surface area contributed by atoms with Gasteiger partial charge in [0.05, 0.1) is 6.67 Å². The third-order valence-electron chi connectivity index (χ3n) is 4.90. The van der Waals surface area contributed by atoms with Crippen molar-refractivity contribution in [2.75, 3.05) is 13.2 Å². The van der Waals surface area contributed by atoms with Gasteiger partial charge in [-0.2, -0.15) is 0 Å². The Morgan fingerprint density at radius 2 is 1.52 bits per heavy atom.